The third-order valence-corrected chi connectivity index (χ3v) is 13.2. The number of hydrogen-bond donors (Lipinski definition) is 1. The Morgan fingerprint density at radius 2 is 1.09 bits per heavy atom. The minimum atomic E-state index is 0.477. The molecule has 0 bridgehead atoms. The Bertz CT molecular complexity index is 655. The molecular weight excluding hydrogens is 268 g/mol. The molecule has 1 N–H and O–H groups in total. The van der Waals surface area contributed by atoms with Gasteiger partial charge in [-0.2, -0.15) is 0 Å². The van der Waals surface area contributed by atoms with Crippen molar-refractivity contribution >= 4 is 0 Å². The van der Waals surface area contributed by atoms with Gasteiger partial charge in [-0.25, -0.2) is 0 Å². The van der Waals surface area contributed by atoms with Crippen molar-refractivity contribution in [3.8, 4) is 0 Å². The summed E-state index contributed by atoms with van der Waals surface area (Å²) in [4.78, 5) is 0. The van der Waals surface area contributed by atoms with Crippen LogP contribution < -0.4 is 0 Å². The molecule has 0 heterocycles. The van der Waals surface area contributed by atoms with Crippen molar-refractivity contribution in [2.45, 2.75) is 12.8 Å². The largest absolute Gasteiger partial charge is 0.396 e. The van der Waals surface area contributed by atoms with Gasteiger partial charge in [0.1, 0.15) is 0 Å². The second-order valence-electron chi connectivity index (χ2n) is 11.7. The topological polar surface area (TPSA) is 20.2 Å². The van der Waals surface area contributed by atoms with E-state index in [-0.39, 0.29) is 0 Å². The number of hydrogen-bond acceptors (Lipinski definition) is 1. The molecule has 10 aliphatic rings. The summed E-state index contributed by atoms with van der Waals surface area (Å²) < 4.78 is 0. The monoisotopic (exact) mass is 292 g/mol. The fraction of sp³-hybridized carbons (Fsp3) is 1.00. The standard InChI is InChI=1S/C21H24O/c22-3-21-18-6-1-4-8-5-2-7(18)12-10(5)15-13(8)14-9(4)11(6)19(21)16(14)17(15)20(12)21/h4-20,22H,1-3H2. The van der Waals surface area contributed by atoms with Gasteiger partial charge in [0.15, 0.2) is 0 Å². The molecule has 14 atom stereocenters. The first-order valence-corrected chi connectivity index (χ1v) is 10.5. The van der Waals surface area contributed by atoms with E-state index in [9.17, 15) is 5.11 Å². The molecule has 1 nitrogen and oxygen atoms in total. The third-order valence-electron chi connectivity index (χ3n) is 13.2. The molecule has 0 aromatic heterocycles. The molecule has 10 rings (SSSR count). The Labute approximate surface area is 131 Å². The highest BCUT2D eigenvalue weighted by molar-refractivity contribution is 5.42. The molecular formula is C21H24O. The second kappa shape index (κ2) is 2.32. The van der Waals surface area contributed by atoms with E-state index in [1.54, 1.807) is 12.8 Å². The van der Waals surface area contributed by atoms with Crippen LogP contribution in [0, 0.1) is 106 Å². The van der Waals surface area contributed by atoms with E-state index in [0.717, 1.165) is 53.3 Å². The molecule has 0 amide bonds. The van der Waals surface area contributed by atoms with E-state index in [0.29, 0.717) is 12.0 Å². The van der Waals surface area contributed by atoms with Crippen molar-refractivity contribution in [2.75, 3.05) is 6.61 Å². The van der Waals surface area contributed by atoms with Crippen molar-refractivity contribution in [3.63, 3.8) is 0 Å². The number of fused-ring (bicyclic) bond motifs is 4. The summed E-state index contributed by atoms with van der Waals surface area (Å²) in [6.07, 6.45) is 3.28. The van der Waals surface area contributed by atoms with Crippen LogP contribution in [0.25, 0.3) is 0 Å². The second-order valence-corrected chi connectivity index (χ2v) is 11.7. The van der Waals surface area contributed by atoms with Crippen LogP contribution in [-0.2, 0) is 0 Å². The minimum Gasteiger partial charge on any atom is -0.396 e. The van der Waals surface area contributed by atoms with E-state index >= 15 is 0 Å². The van der Waals surface area contributed by atoms with Gasteiger partial charge >= 0.3 is 0 Å². The Hall–Kier alpha value is -0.0400. The predicted molar refractivity (Wildman–Crippen MR) is 78.1 cm³/mol. The van der Waals surface area contributed by atoms with Gasteiger partial charge in [0.25, 0.3) is 0 Å². The van der Waals surface area contributed by atoms with E-state index in [1.165, 1.54) is 47.3 Å². The lowest BCUT2D eigenvalue weighted by Gasteiger charge is -2.41. The summed E-state index contributed by atoms with van der Waals surface area (Å²) in [5.41, 5.74) is 0.477. The van der Waals surface area contributed by atoms with Gasteiger partial charge in [0, 0.05) is 12.0 Å². The van der Waals surface area contributed by atoms with Gasteiger partial charge in [-0.15, -0.1) is 0 Å². The summed E-state index contributed by atoms with van der Waals surface area (Å²) in [6, 6.07) is 0. The smallest absolute Gasteiger partial charge is 0.0496 e. The molecule has 10 aliphatic carbocycles. The minimum absolute atomic E-state index is 0.477. The summed E-state index contributed by atoms with van der Waals surface area (Å²) in [7, 11) is 0. The highest BCUT2D eigenvalue weighted by atomic mass is 16.3. The lowest BCUT2D eigenvalue weighted by atomic mass is 9.64. The lowest BCUT2D eigenvalue weighted by Crippen LogP contribution is -2.40. The molecule has 22 heavy (non-hydrogen) atoms. The van der Waals surface area contributed by atoms with Crippen LogP contribution in [0.5, 0.6) is 0 Å². The Morgan fingerprint density at radius 1 is 0.545 bits per heavy atom. The first kappa shape index (κ1) is 10.1. The molecule has 0 aliphatic heterocycles. The van der Waals surface area contributed by atoms with Gasteiger partial charge in [-0.1, -0.05) is 0 Å². The van der Waals surface area contributed by atoms with Crippen molar-refractivity contribution in [2.24, 2.45) is 106 Å². The van der Waals surface area contributed by atoms with Crippen LogP contribution in [0.15, 0.2) is 0 Å². The molecule has 0 aromatic rings. The van der Waals surface area contributed by atoms with E-state index in [4.69, 9.17) is 0 Å². The van der Waals surface area contributed by atoms with Gasteiger partial charge in [-0.05, 0) is 113 Å². The maximum atomic E-state index is 10.8. The normalized spacial score (nSPS) is 95.0. The predicted octanol–water partition coefficient (Wildman–Crippen LogP) is 2.36. The summed E-state index contributed by atoms with van der Waals surface area (Å²) >= 11 is 0. The fourth-order valence-corrected chi connectivity index (χ4v) is 14.8. The molecule has 0 spiro atoms. The van der Waals surface area contributed by atoms with E-state index in [1.807, 2.05) is 0 Å². The van der Waals surface area contributed by atoms with Crippen molar-refractivity contribution in [1.82, 2.24) is 0 Å². The first-order chi connectivity index (χ1) is 10.9. The molecule has 0 radical (unpaired) electrons. The SMILES string of the molecule is OCC12C3C4CC5C6C7CC3C3C7C7C6C6C5C4C1C6C7C32. The third kappa shape index (κ3) is 0.525. The first-order valence-electron chi connectivity index (χ1n) is 10.5. The Morgan fingerprint density at radius 3 is 1.64 bits per heavy atom. The zero-order valence-electron chi connectivity index (χ0n) is 12.9. The Balaban J connectivity index is 1.47. The number of aliphatic hydroxyl groups excluding tert-OH is 1. The van der Waals surface area contributed by atoms with Crippen LogP contribution in [0.1, 0.15) is 12.8 Å². The maximum absolute atomic E-state index is 10.8. The van der Waals surface area contributed by atoms with Crippen molar-refractivity contribution in [3.05, 3.63) is 0 Å². The summed E-state index contributed by atoms with van der Waals surface area (Å²) in [6.45, 7) is 0.600. The van der Waals surface area contributed by atoms with Crippen LogP contribution in [0.4, 0.5) is 0 Å². The molecule has 0 aromatic carbocycles. The van der Waals surface area contributed by atoms with Gasteiger partial charge < -0.3 is 5.11 Å². The molecule has 0 saturated heterocycles. The van der Waals surface area contributed by atoms with E-state index < -0.39 is 0 Å². The van der Waals surface area contributed by atoms with Gasteiger partial charge in [-0.3, -0.25) is 0 Å². The summed E-state index contributed by atoms with van der Waals surface area (Å²) in [5, 5.41) is 10.8. The molecule has 1 heteroatoms. The van der Waals surface area contributed by atoms with Crippen LogP contribution in [0.3, 0.4) is 0 Å². The van der Waals surface area contributed by atoms with Crippen molar-refractivity contribution in [1.29, 1.82) is 0 Å². The molecule has 10 fully saturated rings. The van der Waals surface area contributed by atoms with Gasteiger partial charge in [0.2, 0.25) is 0 Å². The van der Waals surface area contributed by atoms with E-state index in [2.05, 4.69) is 0 Å². The zero-order valence-corrected chi connectivity index (χ0v) is 12.9. The molecule has 14 unspecified atom stereocenters. The average Bonchev–Trinajstić information content (AvgIpc) is 3.22. The average molecular weight is 292 g/mol. The number of aliphatic hydroxyl groups is 1. The fourth-order valence-electron chi connectivity index (χ4n) is 14.8. The number of rotatable bonds is 1. The van der Waals surface area contributed by atoms with Crippen LogP contribution >= 0.6 is 0 Å². The molecule has 114 valence electrons. The van der Waals surface area contributed by atoms with Crippen molar-refractivity contribution < 1.29 is 5.11 Å². The quantitative estimate of drug-likeness (QED) is 0.786. The van der Waals surface area contributed by atoms with Gasteiger partial charge in [0.05, 0.1) is 0 Å². The maximum Gasteiger partial charge on any atom is 0.0496 e. The van der Waals surface area contributed by atoms with Crippen LogP contribution in [-0.4, -0.2) is 11.7 Å². The molecule has 10 saturated carbocycles. The zero-order chi connectivity index (χ0) is 13.4. The highest BCUT2D eigenvalue weighted by Gasteiger charge is 2.95. The summed E-state index contributed by atoms with van der Waals surface area (Å²) in [5.74, 6) is 19.3. The van der Waals surface area contributed by atoms with Crippen LogP contribution in [0.2, 0.25) is 0 Å². The Kier molecular flexibility index (Phi) is 1.06. The highest BCUT2D eigenvalue weighted by Crippen LogP contribution is 2.99. The lowest BCUT2D eigenvalue weighted by molar-refractivity contribution is 0.00217.